The van der Waals surface area contributed by atoms with Gasteiger partial charge in [-0.2, -0.15) is 0 Å². The second-order valence-electron chi connectivity index (χ2n) is 4.57. The molecule has 3 aromatic rings. The molecule has 1 heterocycles. The summed E-state index contributed by atoms with van der Waals surface area (Å²) in [6.07, 6.45) is 1.74. The van der Waals surface area contributed by atoms with E-state index in [9.17, 15) is 0 Å². The van der Waals surface area contributed by atoms with E-state index >= 15 is 0 Å². The van der Waals surface area contributed by atoms with Crippen LogP contribution in [0.25, 0.3) is 10.9 Å². The molecule has 2 aromatic carbocycles. The molecule has 0 aliphatic rings. The van der Waals surface area contributed by atoms with Crippen LogP contribution in [0.1, 0.15) is 0 Å². The zero-order valence-corrected chi connectivity index (χ0v) is 13.2. The first-order valence-corrected chi connectivity index (χ1v) is 7.66. The summed E-state index contributed by atoms with van der Waals surface area (Å²) in [5.41, 5.74) is 0.846. The minimum atomic E-state index is 0.779. The molecule has 0 fully saturated rings. The van der Waals surface area contributed by atoms with E-state index < -0.39 is 0 Å². The molecule has 4 nitrogen and oxygen atoms in total. The predicted octanol–water partition coefficient (Wildman–Crippen LogP) is 4.26. The number of pyridine rings is 1. The molecule has 0 amide bonds. The van der Waals surface area contributed by atoms with E-state index in [1.165, 1.54) is 0 Å². The van der Waals surface area contributed by atoms with E-state index in [0.717, 1.165) is 33.0 Å². The van der Waals surface area contributed by atoms with Gasteiger partial charge in [-0.1, -0.05) is 0 Å². The first-order chi connectivity index (χ1) is 10.8. The molecule has 0 unspecified atom stereocenters. The zero-order chi connectivity index (χ0) is 15.4. The third-order valence-corrected chi connectivity index (χ3v) is 3.89. The average Bonchev–Trinajstić information content (AvgIpc) is 2.56. The van der Waals surface area contributed by atoms with Gasteiger partial charge in [0.25, 0.3) is 0 Å². The number of rotatable bonds is 5. The van der Waals surface area contributed by atoms with Gasteiger partial charge in [-0.3, -0.25) is 9.71 Å². The Balaban J connectivity index is 1.90. The van der Waals surface area contributed by atoms with Crippen molar-refractivity contribution in [3.05, 3.63) is 54.7 Å². The van der Waals surface area contributed by atoms with E-state index in [0.29, 0.717) is 0 Å². The van der Waals surface area contributed by atoms with Gasteiger partial charge >= 0.3 is 0 Å². The molecule has 0 bridgehead atoms. The molecular formula is C17H16N2O2S. The number of methoxy groups -OCH3 is 1. The first kappa shape index (κ1) is 14.7. The fraction of sp³-hybridized carbons (Fsp3) is 0.118. The molecule has 0 spiro atoms. The predicted molar refractivity (Wildman–Crippen MR) is 89.7 cm³/mol. The Morgan fingerprint density at radius 3 is 2.50 bits per heavy atom. The number of fused-ring (bicyclic) bond motifs is 1. The van der Waals surface area contributed by atoms with Crippen molar-refractivity contribution in [2.24, 2.45) is 0 Å². The molecule has 0 saturated carbocycles. The average molecular weight is 312 g/mol. The van der Waals surface area contributed by atoms with E-state index in [1.54, 1.807) is 25.3 Å². The van der Waals surface area contributed by atoms with E-state index in [2.05, 4.69) is 9.71 Å². The van der Waals surface area contributed by atoms with Gasteiger partial charge in [-0.05, 0) is 61.5 Å². The van der Waals surface area contributed by atoms with Crippen LogP contribution in [-0.4, -0.2) is 19.1 Å². The van der Waals surface area contributed by atoms with Crippen LogP contribution in [0.15, 0.2) is 59.6 Å². The summed E-state index contributed by atoms with van der Waals surface area (Å²) in [5.74, 6) is 2.36. The third-order valence-electron chi connectivity index (χ3n) is 3.18. The number of hydrogen-bond donors (Lipinski definition) is 1. The molecule has 112 valence electrons. The second kappa shape index (κ2) is 6.68. The maximum Gasteiger partial charge on any atom is 0.138 e. The number of aromatic nitrogens is 1. The highest BCUT2D eigenvalue weighted by molar-refractivity contribution is 7.97. The molecule has 5 heteroatoms. The maximum atomic E-state index is 5.99. The standard InChI is InChI=1S/C17H16N2O2S/c1-18-22-14-6-3-12(4-7-14)21-17-9-10-19-16-11-13(20-2)5-8-15(16)17/h3-11,18H,1-2H3. The smallest absolute Gasteiger partial charge is 0.138 e. The van der Waals surface area contributed by atoms with Gasteiger partial charge in [0.2, 0.25) is 0 Å². The number of nitrogens with one attached hydrogen (secondary N) is 1. The summed E-state index contributed by atoms with van der Waals surface area (Å²) in [6.45, 7) is 0. The summed E-state index contributed by atoms with van der Waals surface area (Å²) in [6, 6.07) is 15.6. The van der Waals surface area contributed by atoms with Crippen LogP contribution in [-0.2, 0) is 0 Å². The van der Waals surface area contributed by atoms with Crippen LogP contribution in [0, 0.1) is 0 Å². The molecule has 1 N–H and O–H groups in total. The van der Waals surface area contributed by atoms with Gasteiger partial charge in [-0.25, -0.2) is 0 Å². The lowest BCUT2D eigenvalue weighted by Gasteiger charge is -2.10. The molecule has 22 heavy (non-hydrogen) atoms. The zero-order valence-electron chi connectivity index (χ0n) is 12.4. The molecule has 0 atom stereocenters. The highest BCUT2D eigenvalue weighted by Crippen LogP contribution is 2.31. The summed E-state index contributed by atoms with van der Waals surface area (Å²) < 4.78 is 14.3. The van der Waals surface area contributed by atoms with Crippen LogP contribution >= 0.6 is 11.9 Å². The molecule has 0 aliphatic heterocycles. The van der Waals surface area contributed by atoms with E-state index in [4.69, 9.17) is 9.47 Å². The Morgan fingerprint density at radius 1 is 1.00 bits per heavy atom. The van der Waals surface area contributed by atoms with Crippen LogP contribution in [0.4, 0.5) is 0 Å². The quantitative estimate of drug-likeness (QED) is 0.713. The summed E-state index contributed by atoms with van der Waals surface area (Å²) in [5, 5.41) is 0.956. The lowest BCUT2D eigenvalue weighted by molar-refractivity contribution is 0.415. The van der Waals surface area contributed by atoms with Crippen LogP contribution in [0.5, 0.6) is 17.2 Å². The van der Waals surface area contributed by atoms with Gasteiger partial charge in [0, 0.05) is 22.5 Å². The Labute approximate surface area is 133 Å². The maximum absolute atomic E-state index is 5.99. The number of hydrogen-bond acceptors (Lipinski definition) is 5. The molecule has 0 aliphatic carbocycles. The van der Waals surface area contributed by atoms with Crippen molar-refractivity contribution in [1.29, 1.82) is 0 Å². The highest BCUT2D eigenvalue weighted by Gasteiger charge is 2.06. The monoisotopic (exact) mass is 312 g/mol. The van der Waals surface area contributed by atoms with Gasteiger partial charge in [0.1, 0.15) is 17.2 Å². The molecule has 3 rings (SSSR count). The van der Waals surface area contributed by atoms with Crippen molar-refractivity contribution in [1.82, 2.24) is 9.71 Å². The van der Waals surface area contributed by atoms with Crippen molar-refractivity contribution >= 4 is 22.9 Å². The molecule has 0 saturated heterocycles. The SMILES string of the molecule is CNSc1ccc(Oc2ccnc3cc(OC)ccc23)cc1. The van der Waals surface area contributed by atoms with Crippen LogP contribution in [0.3, 0.4) is 0 Å². The van der Waals surface area contributed by atoms with Crippen molar-refractivity contribution in [2.45, 2.75) is 4.90 Å². The fourth-order valence-corrected chi connectivity index (χ4v) is 2.65. The molecule has 0 radical (unpaired) electrons. The van der Waals surface area contributed by atoms with Crippen molar-refractivity contribution in [2.75, 3.05) is 14.2 Å². The Bertz CT molecular complexity index is 775. The normalized spacial score (nSPS) is 10.6. The third kappa shape index (κ3) is 3.16. The Morgan fingerprint density at radius 2 is 1.77 bits per heavy atom. The lowest BCUT2D eigenvalue weighted by atomic mass is 10.2. The minimum absolute atomic E-state index is 0.779. The lowest BCUT2D eigenvalue weighted by Crippen LogP contribution is -1.91. The molecule has 1 aromatic heterocycles. The summed E-state index contributed by atoms with van der Waals surface area (Å²) in [4.78, 5) is 5.50. The van der Waals surface area contributed by atoms with Gasteiger partial charge in [0.05, 0.1) is 12.6 Å². The fourth-order valence-electron chi connectivity index (χ4n) is 2.14. The molecular weight excluding hydrogens is 296 g/mol. The first-order valence-electron chi connectivity index (χ1n) is 6.84. The topological polar surface area (TPSA) is 43.4 Å². The van der Waals surface area contributed by atoms with Crippen LogP contribution in [0.2, 0.25) is 0 Å². The van der Waals surface area contributed by atoms with Gasteiger partial charge in [-0.15, -0.1) is 0 Å². The van der Waals surface area contributed by atoms with Crippen LogP contribution < -0.4 is 14.2 Å². The van der Waals surface area contributed by atoms with Crippen molar-refractivity contribution < 1.29 is 9.47 Å². The Hall–Kier alpha value is -2.24. The minimum Gasteiger partial charge on any atom is -0.497 e. The van der Waals surface area contributed by atoms with Crippen molar-refractivity contribution in [3.63, 3.8) is 0 Å². The highest BCUT2D eigenvalue weighted by atomic mass is 32.2. The summed E-state index contributed by atoms with van der Waals surface area (Å²) >= 11 is 1.57. The largest absolute Gasteiger partial charge is 0.497 e. The van der Waals surface area contributed by atoms with Gasteiger partial charge in [0.15, 0.2) is 0 Å². The number of benzene rings is 2. The Kier molecular flexibility index (Phi) is 4.46. The summed E-state index contributed by atoms with van der Waals surface area (Å²) in [7, 11) is 3.54. The number of ether oxygens (including phenoxy) is 2. The number of nitrogens with zero attached hydrogens (tertiary/aromatic N) is 1. The van der Waals surface area contributed by atoms with Gasteiger partial charge < -0.3 is 9.47 Å². The van der Waals surface area contributed by atoms with E-state index in [-0.39, 0.29) is 0 Å². The van der Waals surface area contributed by atoms with Crippen molar-refractivity contribution in [3.8, 4) is 17.2 Å². The van der Waals surface area contributed by atoms with E-state index in [1.807, 2.05) is 55.6 Å². The second-order valence-corrected chi connectivity index (χ2v) is 5.66.